The molecule has 1 amide bonds. The van der Waals surface area contributed by atoms with Crippen molar-refractivity contribution in [2.24, 2.45) is 0 Å². The molecule has 0 radical (unpaired) electrons. The molecular weight excluding hydrogens is 286 g/mol. The second-order valence-corrected chi connectivity index (χ2v) is 5.53. The summed E-state index contributed by atoms with van der Waals surface area (Å²) < 4.78 is 5.39. The number of aromatic amines is 1. The molecule has 2 aromatic rings. The average molecular weight is 305 g/mol. The Balaban J connectivity index is 1.80. The van der Waals surface area contributed by atoms with Crippen LogP contribution in [0.5, 0.6) is 5.75 Å². The molecular formula is C15H19N3O2S. The molecule has 0 aliphatic carbocycles. The van der Waals surface area contributed by atoms with Crippen LogP contribution in [0.25, 0.3) is 0 Å². The third kappa shape index (κ3) is 4.82. The van der Waals surface area contributed by atoms with Gasteiger partial charge in [-0.1, -0.05) is 0 Å². The van der Waals surface area contributed by atoms with Gasteiger partial charge in [-0.2, -0.15) is 0 Å². The lowest BCUT2D eigenvalue weighted by Crippen LogP contribution is -2.28. The van der Waals surface area contributed by atoms with Crippen LogP contribution < -0.4 is 4.74 Å². The lowest BCUT2D eigenvalue weighted by molar-refractivity contribution is -0.127. The predicted molar refractivity (Wildman–Crippen MR) is 83.4 cm³/mol. The highest BCUT2D eigenvalue weighted by molar-refractivity contribution is 8.00. The van der Waals surface area contributed by atoms with Crippen molar-refractivity contribution in [3.05, 3.63) is 42.5 Å². The minimum atomic E-state index is 0.0743. The lowest BCUT2D eigenvalue weighted by Gasteiger charge is -2.15. The smallest absolute Gasteiger partial charge is 0.233 e. The van der Waals surface area contributed by atoms with Crippen LogP contribution in [0.4, 0.5) is 0 Å². The third-order valence-electron chi connectivity index (χ3n) is 2.86. The van der Waals surface area contributed by atoms with Gasteiger partial charge in [0.1, 0.15) is 11.6 Å². The number of ether oxygens (including phenoxy) is 1. The number of aromatic nitrogens is 2. The van der Waals surface area contributed by atoms with Crippen LogP contribution in [0.3, 0.4) is 0 Å². The van der Waals surface area contributed by atoms with E-state index in [1.165, 1.54) is 11.8 Å². The fraction of sp³-hybridized carbons (Fsp3) is 0.333. The van der Waals surface area contributed by atoms with Crippen LogP contribution in [0.2, 0.25) is 0 Å². The van der Waals surface area contributed by atoms with E-state index in [-0.39, 0.29) is 5.91 Å². The van der Waals surface area contributed by atoms with E-state index in [1.54, 1.807) is 24.3 Å². The van der Waals surface area contributed by atoms with Crippen LogP contribution >= 0.6 is 11.8 Å². The molecule has 0 aliphatic rings. The van der Waals surface area contributed by atoms with Crippen LogP contribution in [0, 0.1) is 0 Å². The van der Waals surface area contributed by atoms with Crippen molar-refractivity contribution in [1.82, 2.24) is 14.9 Å². The Bertz CT molecular complexity index is 555. The molecule has 0 unspecified atom stereocenters. The van der Waals surface area contributed by atoms with E-state index in [1.807, 2.05) is 31.2 Å². The molecule has 6 heteroatoms. The van der Waals surface area contributed by atoms with Crippen molar-refractivity contribution in [1.29, 1.82) is 0 Å². The maximum atomic E-state index is 12.1. The Morgan fingerprint density at radius 3 is 2.76 bits per heavy atom. The first kappa shape index (κ1) is 15.4. The van der Waals surface area contributed by atoms with E-state index >= 15 is 0 Å². The van der Waals surface area contributed by atoms with Gasteiger partial charge in [-0.3, -0.25) is 4.79 Å². The zero-order chi connectivity index (χ0) is 15.1. The zero-order valence-electron chi connectivity index (χ0n) is 12.2. The number of benzene rings is 1. The van der Waals surface area contributed by atoms with E-state index in [4.69, 9.17) is 4.74 Å². The Morgan fingerprint density at radius 1 is 1.38 bits per heavy atom. The molecule has 0 spiro atoms. The SMILES string of the molecule is CCOc1ccc(SCC(=O)N(C)Cc2ncc[nH]2)cc1. The van der Waals surface area contributed by atoms with Crippen molar-refractivity contribution < 1.29 is 9.53 Å². The number of nitrogens with zero attached hydrogens (tertiary/aromatic N) is 2. The normalized spacial score (nSPS) is 10.4. The molecule has 1 heterocycles. The Morgan fingerprint density at radius 2 is 2.14 bits per heavy atom. The number of hydrogen-bond donors (Lipinski definition) is 1. The highest BCUT2D eigenvalue weighted by atomic mass is 32.2. The number of H-pyrrole nitrogens is 1. The first-order chi connectivity index (χ1) is 10.2. The van der Waals surface area contributed by atoms with Gasteiger partial charge in [0.2, 0.25) is 5.91 Å². The Kier molecular flexibility index (Phi) is 5.68. The fourth-order valence-corrected chi connectivity index (χ4v) is 2.59. The highest BCUT2D eigenvalue weighted by Gasteiger charge is 2.10. The minimum absolute atomic E-state index is 0.0743. The van der Waals surface area contributed by atoms with Crippen molar-refractivity contribution >= 4 is 17.7 Å². The van der Waals surface area contributed by atoms with E-state index in [0.717, 1.165) is 16.5 Å². The Hall–Kier alpha value is -1.95. The lowest BCUT2D eigenvalue weighted by atomic mass is 10.3. The maximum Gasteiger partial charge on any atom is 0.233 e. The van der Waals surface area contributed by atoms with E-state index < -0.39 is 0 Å². The summed E-state index contributed by atoms with van der Waals surface area (Å²) in [4.78, 5) is 21.9. The molecule has 1 aromatic carbocycles. The molecule has 0 saturated carbocycles. The second kappa shape index (κ2) is 7.73. The number of hydrogen-bond acceptors (Lipinski definition) is 4. The maximum absolute atomic E-state index is 12.1. The molecule has 0 bridgehead atoms. The first-order valence-electron chi connectivity index (χ1n) is 6.77. The predicted octanol–water partition coefficient (Wildman–Crippen LogP) is 2.56. The second-order valence-electron chi connectivity index (χ2n) is 4.48. The van der Waals surface area contributed by atoms with Crippen molar-refractivity contribution in [3.8, 4) is 5.75 Å². The molecule has 1 N–H and O–H groups in total. The van der Waals surface area contributed by atoms with Gasteiger partial charge in [0.05, 0.1) is 18.9 Å². The number of carbonyl (C=O) groups excluding carboxylic acids is 1. The molecule has 0 aliphatic heterocycles. The summed E-state index contributed by atoms with van der Waals surface area (Å²) in [7, 11) is 1.78. The molecule has 21 heavy (non-hydrogen) atoms. The topological polar surface area (TPSA) is 58.2 Å². The molecule has 112 valence electrons. The summed E-state index contributed by atoms with van der Waals surface area (Å²) >= 11 is 1.52. The van der Waals surface area contributed by atoms with Crippen molar-refractivity contribution in [2.75, 3.05) is 19.4 Å². The molecule has 0 fully saturated rings. The number of nitrogens with one attached hydrogen (secondary N) is 1. The van der Waals surface area contributed by atoms with Crippen LogP contribution in [-0.2, 0) is 11.3 Å². The summed E-state index contributed by atoms with van der Waals surface area (Å²) in [5, 5.41) is 0. The Labute approximate surface area is 128 Å². The third-order valence-corrected chi connectivity index (χ3v) is 3.86. The average Bonchev–Trinajstić information content (AvgIpc) is 2.99. The number of imidazole rings is 1. The van der Waals surface area contributed by atoms with Crippen LogP contribution in [0.1, 0.15) is 12.7 Å². The minimum Gasteiger partial charge on any atom is -0.494 e. The summed E-state index contributed by atoms with van der Waals surface area (Å²) in [6.45, 7) is 3.11. The standard InChI is InChI=1S/C15H19N3O2S/c1-3-20-12-4-6-13(7-5-12)21-11-15(19)18(2)10-14-16-8-9-17-14/h4-9H,3,10-11H2,1-2H3,(H,16,17). The number of carbonyl (C=O) groups is 1. The van der Waals surface area contributed by atoms with Gasteiger partial charge in [-0.25, -0.2) is 4.98 Å². The number of thioether (sulfide) groups is 1. The van der Waals surface area contributed by atoms with E-state index in [9.17, 15) is 4.79 Å². The van der Waals surface area contributed by atoms with Crippen LogP contribution in [-0.4, -0.2) is 40.2 Å². The van der Waals surface area contributed by atoms with Gasteiger partial charge in [-0.15, -0.1) is 11.8 Å². The van der Waals surface area contributed by atoms with E-state index in [0.29, 0.717) is 18.9 Å². The first-order valence-corrected chi connectivity index (χ1v) is 7.75. The number of rotatable bonds is 7. The molecule has 1 aromatic heterocycles. The zero-order valence-corrected chi connectivity index (χ0v) is 13.0. The van der Waals surface area contributed by atoms with Gasteiger partial charge in [0, 0.05) is 24.3 Å². The van der Waals surface area contributed by atoms with E-state index in [2.05, 4.69) is 9.97 Å². The van der Waals surface area contributed by atoms with Gasteiger partial charge >= 0.3 is 0 Å². The molecule has 0 atom stereocenters. The summed E-state index contributed by atoms with van der Waals surface area (Å²) in [5.74, 6) is 2.12. The molecule has 0 saturated heterocycles. The van der Waals surface area contributed by atoms with Gasteiger partial charge in [0.25, 0.3) is 0 Å². The highest BCUT2D eigenvalue weighted by Crippen LogP contribution is 2.21. The summed E-state index contributed by atoms with van der Waals surface area (Å²) in [5.41, 5.74) is 0. The monoisotopic (exact) mass is 305 g/mol. The number of amides is 1. The molecule has 5 nitrogen and oxygen atoms in total. The van der Waals surface area contributed by atoms with Crippen molar-refractivity contribution in [2.45, 2.75) is 18.4 Å². The summed E-state index contributed by atoms with van der Waals surface area (Å²) in [6.07, 6.45) is 3.44. The van der Waals surface area contributed by atoms with Gasteiger partial charge in [0.15, 0.2) is 0 Å². The summed E-state index contributed by atoms with van der Waals surface area (Å²) in [6, 6.07) is 7.77. The van der Waals surface area contributed by atoms with Crippen molar-refractivity contribution in [3.63, 3.8) is 0 Å². The quantitative estimate of drug-likeness (QED) is 0.799. The fourth-order valence-electron chi connectivity index (χ4n) is 1.75. The molecule has 2 rings (SSSR count). The van der Waals surface area contributed by atoms with Gasteiger partial charge < -0.3 is 14.6 Å². The van der Waals surface area contributed by atoms with Gasteiger partial charge in [-0.05, 0) is 31.2 Å². The van der Waals surface area contributed by atoms with Crippen LogP contribution in [0.15, 0.2) is 41.6 Å². The largest absolute Gasteiger partial charge is 0.494 e.